The summed E-state index contributed by atoms with van der Waals surface area (Å²) in [6, 6.07) is 0. The van der Waals surface area contributed by atoms with Gasteiger partial charge < -0.3 is 18.9 Å². The smallest absolute Gasteiger partial charge is 0.397 e. The van der Waals surface area contributed by atoms with Gasteiger partial charge in [0.2, 0.25) is 0 Å². The summed E-state index contributed by atoms with van der Waals surface area (Å²) < 4.78 is 14.8. The molecule has 0 unspecified atom stereocenters. The molecule has 0 aromatic carbocycles. The zero-order valence-electron chi connectivity index (χ0n) is 9.01. The maximum Gasteiger partial charge on any atom is 0.397 e. The van der Waals surface area contributed by atoms with Gasteiger partial charge in [0.15, 0.2) is 0 Å². The minimum atomic E-state index is -0.588. The molecule has 0 N–H and O–H groups in total. The first-order valence-corrected chi connectivity index (χ1v) is 5.14. The summed E-state index contributed by atoms with van der Waals surface area (Å²) in [5.41, 5.74) is 0. The molecule has 0 aliphatic carbocycles. The minimum absolute atomic E-state index is 0.108. The fourth-order valence-corrected chi connectivity index (χ4v) is 1.38. The quantitative estimate of drug-likeness (QED) is 0.677. The summed E-state index contributed by atoms with van der Waals surface area (Å²) in [5.74, 6) is -0.288. The number of esters is 1. The van der Waals surface area contributed by atoms with E-state index in [0.29, 0.717) is 32.3 Å². The molecular weight excluding hydrogens is 214 g/mol. The van der Waals surface area contributed by atoms with Crippen LogP contribution in [0.1, 0.15) is 17.6 Å². The number of aromatic nitrogens is 2. The number of hydrogen-bond donors (Lipinski definition) is 0. The first-order valence-electron chi connectivity index (χ1n) is 5.14. The molecule has 0 saturated carbocycles. The Balaban J connectivity index is 2.03. The third-order valence-corrected chi connectivity index (χ3v) is 2.16. The van der Waals surface area contributed by atoms with Crippen LogP contribution in [0.5, 0.6) is 0 Å². The van der Waals surface area contributed by atoms with Gasteiger partial charge in [-0.25, -0.2) is 4.79 Å². The molecule has 1 aliphatic heterocycles. The van der Waals surface area contributed by atoms with Gasteiger partial charge in [-0.2, -0.15) is 4.98 Å². The molecule has 2 heterocycles. The predicted octanol–water partition coefficient (Wildman–Crippen LogP) is 0.0829. The Bertz CT molecular complexity index is 359. The SMILES string of the molecule is CCOC(=O)c1nc(N2CCOCC2)no1. The average Bonchev–Trinajstić information content (AvgIpc) is 2.80. The van der Waals surface area contributed by atoms with Crippen LogP contribution in [0.25, 0.3) is 0 Å². The Kier molecular flexibility index (Phi) is 3.35. The highest BCUT2D eigenvalue weighted by molar-refractivity contribution is 5.84. The van der Waals surface area contributed by atoms with Crippen molar-refractivity contribution < 1.29 is 18.8 Å². The molecule has 1 saturated heterocycles. The molecule has 2 rings (SSSR count). The fourth-order valence-electron chi connectivity index (χ4n) is 1.38. The lowest BCUT2D eigenvalue weighted by atomic mass is 10.4. The molecule has 0 amide bonds. The highest BCUT2D eigenvalue weighted by Crippen LogP contribution is 2.11. The molecule has 88 valence electrons. The van der Waals surface area contributed by atoms with Gasteiger partial charge in [-0.15, -0.1) is 0 Å². The monoisotopic (exact) mass is 227 g/mol. The molecule has 0 radical (unpaired) electrons. The van der Waals surface area contributed by atoms with Crippen LogP contribution in [0, 0.1) is 0 Å². The topological polar surface area (TPSA) is 77.7 Å². The van der Waals surface area contributed by atoms with Gasteiger partial charge in [-0.3, -0.25) is 0 Å². The molecule has 1 fully saturated rings. The van der Waals surface area contributed by atoms with Crippen molar-refractivity contribution in [3.05, 3.63) is 5.89 Å². The van der Waals surface area contributed by atoms with Crippen molar-refractivity contribution in [2.24, 2.45) is 0 Å². The third-order valence-electron chi connectivity index (χ3n) is 2.16. The van der Waals surface area contributed by atoms with Crippen LogP contribution >= 0.6 is 0 Å². The van der Waals surface area contributed by atoms with Gasteiger partial charge in [0.25, 0.3) is 5.95 Å². The lowest BCUT2D eigenvalue weighted by Gasteiger charge is -2.24. The van der Waals surface area contributed by atoms with E-state index < -0.39 is 5.97 Å². The minimum Gasteiger partial charge on any atom is -0.459 e. The summed E-state index contributed by atoms with van der Waals surface area (Å²) >= 11 is 0. The number of rotatable bonds is 3. The van der Waals surface area contributed by atoms with E-state index >= 15 is 0 Å². The van der Waals surface area contributed by atoms with Crippen molar-refractivity contribution in [3.8, 4) is 0 Å². The maximum absolute atomic E-state index is 11.3. The highest BCUT2D eigenvalue weighted by atomic mass is 16.6. The van der Waals surface area contributed by atoms with Crippen LogP contribution < -0.4 is 4.90 Å². The van der Waals surface area contributed by atoms with Crippen LogP contribution in [0.15, 0.2) is 4.52 Å². The molecular formula is C9H13N3O4. The molecule has 0 spiro atoms. The van der Waals surface area contributed by atoms with Crippen LogP contribution in [-0.2, 0) is 9.47 Å². The zero-order chi connectivity index (χ0) is 11.4. The van der Waals surface area contributed by atoms with Crippen molar-refractivity contribution in [2.45, 2.75) is 6.92 Å². The van der Waals surface area contributed by atoms with Crippen molar-refractivity contribution in [3.63, 3.8) is 0 Å². The Morgan fingerprint density at radius 2 is 2.25 bits per heavy atom. The number of carbonyl (C=O) groups excluding carboxylic acids is 1. The van der Waals surface area contributed by atoms with Crippen LogP contribution in [0.3, 0.4) is 0 Å². The lowest BCUT2D eigenvalue weighted by Crippen LogP contribution is -2.36. The Labute approximate surface area is 92.3 Å². The van der Waals surface area contributed by atoms with Gasteiger partial charge in [-0.1, -0.05) is 0 Å². The number of morpholine rings is 1. The van der Waals surface area contributed by atoms with Gasteiger partial charge in [0.1, 0.15) is 0 Å². The standard InChI is InChI=1S/C9H13N3O4/c1-2-15-8(13)7-10-9(11-16-7)12-3-5-14-6-4-12/h2-6H2,1H3. The Morgan fingerprint density at radius 1 is 1.50 bits per heavy atom. The van der Waals surface area contributed by atoms with E-state index in [-0.39, 0.29) is 12.5 Å². The normalized spacial score (nSPS) is 16.2. The van der Waals surface area contributed by atoms with Gasteiger partial charge in [0.05, 0.1) is 19.8 Å². The van der Waals surface area contributed by atoms with Gasteiger partial charge >= 0.3 is 11.9 Å². The van der Waals surface area contributed by atoms with Gasteiger partial charge in [0, 0.05) is 13.1 Å². The summed E-state index contributed by atoms with van der Waals surface area (Å²) in [5, 5.41) is 3.73. The zero-order valence-corrected chi connectivity index (χ0v) is 9.01. The van der Waals surface area contributed by atoms with E-state index in [1.165, 1.54) is 0 Å². The van der Waals surface area contributed by atoms with Crippen LogP contribution in [0.4, 0.5) is 5.95 Å². The van der Waals surface area contributed by atoms with Crippen molar-refractivity contribution >= 4 is 11.9 Å². The largest absolute Gasteiger partial charge is 0.459 e. The van der Waals surface area contributed by atoms with Crippen molar-refractivity contribution in [1.29, 1.82) is 0 Å². The van der Waals surface area contributed by atoms with E-state index in [9.17, 15) is 4.79 Å². The predicted molar refractivity (Wildman–Crippen MR) is 53.3 cm³/mol. The molecule has 0 atom stereocenters. The first-order chi connectivity index (χ1) is 7.81. The number of ether oxygens (including phenoxy) is 2. The molecule has 1 aromatic heterocycles. The molecule has 0 bridgehead atoms. The second-order valence-corrected chi connectivity index (χ2v) is 3.22. The third kappa shape index (κ3) is 2.30. The lowest BCUT2D eigenvalue weighted by molar-refractivity contribution is 0.0470. The van der Waals surface area contributed by atoms with Crippen LogP contribution in [-0.4, -0.2) is 49.0 Å². The molecule has 7 heteroatoms. The molecule has 7 nitrogen and oxygen atoms in total. The molecule has 16 heavy (non-hydrogen) atoms. The van der Waals surface area contributed by atoms with Crippen LogP contribution in [0.2, 0.25) is 0 Å². The number of anilines is 1. The first kappa shape index (κ1) is 10.9. The summed E-state index contributed by atoms with van der Waals surface area (Å²) in [7, 11) is 0. The second kappa shape index (κ2) is 4.93. The number of carbonyl (C=O) groups is 1. The number of nitrogens with zero attached hydrogens (tertiary/aromatic N) is 3. The summed E-state index contributed by atoms with van der Waals surface area (Å²) in [4.78, 5) is 17.1. The van der Waals surface area contributed by atoms with E-state index in [1.807, 2.05) is 4.90 Å². The van der Waals surface area contributed by atoms with E-state index in [1.54, 1.807) is 6.92 Å². The maximum atomic E-state index is 11.3. The summed E-state index contributed by atoms with van der Waals surface area (Å²) in [6.45, 7) is 4.65. The van der Waals surface area contributed by atoms with Crippen molar-refractivity contribution in [2.75, 3.05) is 37.8 Å². The van der Waals surface area contributed by atoms with Crippen molar-refractivity contribution in [1.82, 2.24) is 10.1 Å². The number of hydrogen-bond acceptors (Lipinski definition) is 7. The fraction of sp³-hybridized carbons (Fsp3) is 0.667. The Hall–Kier alpha value is -1.63. The molecule has 1 aromatic rings. The van der Waals surface area contributed by atoms with E-state index in [0.717, 1.165) is 0 Å². The highest BCUT2D eigenvalue weighted by Gasteiger charge is 2.21. The van der Waals surface area contributed by atoms with E-state index in [4.69, 9.17) is 14.0 Å². The second-order valence-electron chi connectivity index (χ2n) is 3.22. The van der Waals surface area contributed by atoms with E-state index in [2.05, 4.69) is 10.1 Å². The van der Waals surface area contributed by atoms with Gasteiger partial charge in [-0.05, 0) is 12.1 Å². The summed E-state index contributed by atoms with van der Waals surface area (Å²) in [6.07, 6.45) is 0. The molecule has 1 aliphatic rings. The average molecular weight is 227 g/mol. The Morgan fingerprint density at radius 3 is 2.94 bits per heavy atom.